The fourth-order valence-electron chi connectivity index (χ4n) is 4.38. The first kappa shape index (κ1) is 17.2. The van der Waals surface area contributed by atoms with Crippen molar-refractivity contribution in [3.63, 3.8) is 0 Å². The molecule has 4 heteroatoms. The minimum Gasteiger partial charge on any atom is -0.385 e. The van der Waals surface area contributed by atoms with E-state index in [0.717, 1.165) is 56.2 Å². The SMILES string of the molecule is C=CC1=C(NC2CCC(C(=O)NC3CCCCC3)CC2)CCC1=O. The highest BCUT2D eigenvalue weighted by molar-refractivity contribution is 6.01. The molecule has 2 saturated carbocycles. The van der Waals surface area contributed by atoms with Gasteiger partial charge in [-0.2, -0.15) is 0 Å². The normalized spacial score (nSPS) is 28.8. The number of ketones is 1. The summed E-state index contributed by atoms with van der Waals surface area (Å²) in [5.74, 6) is 0.637. The van der Waals surface area contributed by atoms with E-state index in [2.05, 4.69) is 17.2 Å². The topological polar surface area (TPSA) is 58.2 Å². The highest BCUT2D eigenvalue weighted by Crippen LogP contribution is 2.29. The smallest absolute Gasteiger partial charge is 0.223 e. The molecule has 0 aromatic carbocycles. The molecule has 3 rings (SSSR count). The molecule has 3 aliphatic rings. The highest BCUT2D eigenvalue weighted by atomic mass is 16.2. The Morgan fingerprint density at radius 2 is 1.67 bits per heavy atom. The molecule has 24 heavy (non-hydrogen) atoms. The van der Waals surface area contributed by atoms with E-state index in [1.54, 1.807) is 6.08 Å². The van der Waals surface area contributed by atoms with Gasteiger partial charge in [-0.1, -0.05) is 31.9 Å². The number of amides is 1. The van der Waals surface area contributed by atoms with Crippen molar-refractivity contribution in [1.82, 2.24) is 10.6 Å². The maximum Gasteiger partial charge on any atom is 0.223 e. The lowest BCUT2D eigenvalue weighted by Crippen LogP contribution is -2.42. The molecule has 0 aliphatic heterocycles. The standard InChI is InChI=1S/C20H30N2O2/c1-2-17-18(12-13-19(17)23)21-16-10-8-14(9-11-16)20(24)22-15-6-4-3-5-7-15/h2,14-16,21H,1,3-13H2,(H,22,24). The fraction of sp³-hybridized carbons (Fsp3) is 0.700. The second-order valence-electron chi connectivity index (χ2n) is 7.56. The van der Waals surface area contributed by atoms with Gasteiger partial charge in [0.15, 0.2) is 5.78 Å². The van der Waals surface area contributed by atoms with Gasteiger partial charge in [0.1, 0.15) is 0 Å². The molecule has 0 bridgehead atoms. The number of allylic oxidation sites excluding steroid dienone is 3. The Balaban J connectivity index is 1.45. The van der Waals surface area contributed by atoms with E-state index in [-0.39, 0.29) is 17.6 Å². The zero-order chi connectivity index (χ0) is 16.9. The Morgan fingerprint density at radius 1 is 0.958 bits per heavy atom. The number of hydrogen-bond donors (Lipinski definition) is 2. The summed E-state index contributed by atoms with van der Waals surface area (Å²) in [6, 6.07) is 0.798. The van der Waals surface area contributed by atoms with Gasteiger partial charge in [0.2, 0.25) is 5.91 Å². The van der Waals surface area contributed by atoms with Crippen LogP contribution in [0.4, 0.5) is 0 Å². The maximum absolute atomic E-state index is 12.5. The van der Waals surface area contributed by atoms with Gasteiger partial charge in [0, 0.05) is 35.7 Å². The molecule has 0 radical (unpaired) electrons. The van der Waals surface area contributed by atoms with Gasteiger partial charge in [0.05, 0.1) is 0 Å². The molecule has 0 spiro atoms. The van der Waals surface area contributed by atoms with Gasteiger partial charge < -0.3 is 10.6 Å². The van der Waals surface area contributed by atoms with Crippen LogP contribution in [0.25, 0.3) is 0 Å². The van der Waals surface area contributed by atoms with Crippen LogP contribution in [0.2, 0.25) is 0 Å². The van der Waals surface area contributed by atoms with Gasteiger partial charge in [-0.05, 0) is 44.9 Å². The van der Waals surface area contributed by atoms with Crippen molar-refractivity contribution in [3.8, 4) is 0 Å². The van der Waals surface area contributed by atoms with E-state index in [1.165, 1.54) is 19.3 Å². The van der Waals surface area contributed by atoms with Crippen LogP contribution in [0.15, 0.2) is 23.9 Å². The van der Waals surface area contributed by atoms with Crippen LogP contribution < -0.4 is 10.6 Å². The zero-order valence-corrected chi connectivity index (χ0v) is 14.6. The average Bonchev–Trinajstić information content (AvgIpc) is 2.96. The monoisotopic (exact) mass is 330 g/mol. The van der Waals surface area contributed by atoms with Gasteiger partial charge in [-0.3, -0.25) is 9.59 Å². The van der Waals surface area contributed by atoms with Crippen LogP contribution in [-0.4, -0.2) is 23.8 Å². The minimum absolute atomic E-state index is 0.169. The van der Waals surface area contributed by atoms with Crippen molar-refractivity contribution in [2.75, 3.05) is 0 Å². The molecule has 3 aliphatic carbocycles. The molecular weight excluding hydrogens is 300 g/mol. The summed E-state index contributed by atoms with van der Waals surface area (Å²) in [5, 5.41) is 6.82. The predicted octanol–water partition coefficient (Wildman–Crippen LogP) is 3.39. The third-order valence-electron chi connectivity index (χ3n) is 5.86. The van der Waals surface area contributed by atoms with E-state index >= 15 is 0 Å². The van der Waals surface area contributed by atoms with Crippen LogP contribution in [-0.2, 0) is 9.59 Å². The van der Waals surface area contributed by atoms with Gasteiger partial charge in [0.25, 0.3) is 0 Å². The molecule has 0 unspecified atom stereocenters. The van der Waals surface area contributed by atoms with E-state index in [1.807, 2.05) is 0 Å². The molecule has 0 aromatic rings. The lowest BCUT2D eigenvalue weighted by atomic mass is 9.84. The number of nitrogens with one attached hydrogen (secondary N) is 2. The number of hydrogen-bond acceptors (Lipinski definition) is 3. The summed E-state index contributed by atoms with van der Waals surface area (Å²) in [7, 11) is 0. The minimum atomic E-state index is 0.169. The maximum atomic E-state index is 12.5. The molecule has 2 N–H and O–H groups in total. The summed E-state index contributed by atoms with van der Waals surface area (Å²) >= 11 is 0. The largest absolute Gasteiger partial charge is 0.385 e. The van der Waals surface area contributed by atoms with Gasteiger partial charge >= 0.3 is 0 Å². The van der Waals surface area contributed by atoms with Crippen LogP contribution in [0.5, 0.6) is 0 Å². The van der Waals surface area contributed by atoms with E-state index < -0.39 is 0 Å². The predicted molar refractivity (Wildman–Crippen MR) is 95.4 cm³/mol. The van der Waals surface area contributed by atoms with Crippen LogP contribution in [0.1, 0.15) is 70.6 Å². The Labute approximate surface area is 145 Å². The first-order chi connectivity index (χ1) is 11.7. The summed E-state index contributed by atoms with van der Waals surface area (Å²) in [5.41, 5.74) is 1.83. The fourth-order valence-corrected chi connectivity index (χ4v) is 4.38. The van der Waals surface area contributed by atoms with Crippen molar-refractivity contribution in [1.29, 1.82) is 0 Å². The van der Waals surface area contributed by atoms with Crippen molar-refractivity contribution < 1.29 is 9.59 Å². The second-order valence-corrected chi connectivity index (χ2v) is 7.56. The summed E-state index contributed by atoms with van der Waals surface area (Å²) in [4.78, 5) is 24.2. The average molecular weight is 330 g/mol. The molecule has 0 saturated heterocycles. The van der Waals surface area contributed by atoms with E-state index in [9.17, 15) is 9.59 Å². The number of carbonyl (C=O) groups excluding carboxylic acids is 2. The van der Waals surface area contributed by atoms with Gasteiger partial charge in [-0.25, -0.2) is 0 Å². The Hall–Kier alpha value is -1.58. The third-order valence-corrected chi connectivity index (χ3v) is 5.86. The molecule has 0 atom stereocenters. The van der Waals surface area contributed by atoms with E-state index in [0.29, 0.717) is 18.5 Å². The summed E-state index contributed by atoms with van der Waals surface area (Å²) in [6.45, 7) is 3.76. The Morgan fingerprint density at radius 3 is 2.33 bits per heavy atom. The van der Waals surface area contributed by atoms with Crippen LogP contribution in [0.3, 0.4) is 0 Å². The zero-order valence-electron chi connectivity index (χ0n) is 14.6. The molecule has 2 fully saturated rings. The summed E-state index contributed by atoms with van der Waals surface area (Å²) < 4.78 is 0. The molecule has 4 nitrogen and oxygen atoms in total. The van der Waals surface area contributed by atoms with Crippen LogP contribution in [0, 0.1) is 5.92 Å². The van der Waals surface area contributed by atoms with Crippen LogP contribution >= 0.6 is 0 Å². The van der Waals surface area contributed by atoms with Crippen molar-refractivity contribution in [3.05, 3.63) is 23.9 Å². The molecular formula is C20H30N2O2. The molecule has 0 aromatic heterocycles. The second kappa shape index (κ2) is 8.00. The Bertz CT molecular complexity index is 524. The number of carbonyl (C=O) groups is 2. The van der Waals surface area contributed by atoms with Crippen molar-refractivity contribution in [2.45, 2.75) is 82.7 Å². The van der Waals surface area contributed by atoms with Gasteiger partial charge in [-0.15, -0.1) is 0 Å². The lowest BCUT2D eigenvalue weighted by molar-refractivity contribution is -0.127. The third kappa shape index (κ3) is 4.08. The molecule has 132 valence electrons. The molecule has 1 amide bonds. The number of Topliss-reactive ketones (excluding diaryl/α,β-unsaturated/α-hetero) is 1. The quantitative estimate of drug-likeness (QED) is 0.812. The van der Waals surface area contributed by atoms with Crippen molar-refractivity contribution in [2.24, 2.45) is 5.92 Å². The lowest BCUT2D eigenvalue weighted by Gasteiger charge is -2.31. The van der Waals surface area contributed by atoms with Crippen molar-refractivity contribution >= 4 is 11.7 Å². The first-order valence-corrected chi connectivity index (χ1v) is 9.63. The first-order valence-electron chi connectivity index (χ1n) is 9.63. The highest BCUT2D eigenvalue weighted by Gasteiger charge is 2.29. The summed E-state index contributed by atoms with van der Waals surface area (Å²) in [6.07, 6.45) is 13.1. The molecule has 0 heterocycles. The van der Waals surface area contributed by atoms with E-state index in [4.69, 9.17) is 0 Å². The number of rotatable bonds is 5. The Kier molecular flexibility index (Phi) is 5.75.